The fourth-order valence-electron chi connectivity index (χ4n) is 2.93. The number of carboxylic acid groups (broad SMARTS) is 1. The number of aliphatic carboxylic acids is 1. The topological polar surface area (TPSA) is 43.8 Å². The van der Waals surface area contributed by atoms with Crippen LogP contribution in [0.3, 0.4) is 0 Å². The molecule has 1 aromatic carbocycles. The summed E-state index contributed by atoms with van der Waals surface area (Å²) in [5.74, 6) is -0.741. The molecule has 0 bridgehead atoms. The molecule has 1 saturated heterocycles. The van der Waals surface area contributed by atoms with E-state index < -0.39 is 5.97 Å². The molecule has 1 fully saturated rings. The lowest BCUT2D eigenvalue weighted by molar-refractivity contribution is -0.138. The number of hydrogen-bond donors (Lipinski definition) is 1. The van der Waals surface area contributed by atoms with Crippen molar-refractivity contribution in [1.82, 2.24) is 9.80 Å². The van der Waals surface area contributed by atoms with Gasteiger partial charge in [0.15, 0.2) is 0 Å². The lowest BCUT2D eigenvalue weighted by Gasteiger charge is -2.36. The highest BCUT2D eigenvalue weighted by molar-refractivity contribution is 5.69. The fraction of sp³-hybridized carbons (Fsp3) is 0.562. The molecule has 4 nitrogen and oxygen atoms in total. The normalized spacial score (nSPS) is 17.6. The van der Waals surface area contributed by atoms with Crippen LogP contribution in [0, 0.1) is 6.92 Å². The molecule has 20 heavy (non-hydrogen) atoms. The second-order valence-corrected chi connectivity index (χ2v) is 5.81. The van der Waals surface area contributed by atoms with E-state index in [0.717, 1.165) is 32.5 Å². The summed E-state index contributed by atoms with van der Waals surface area (Å²) in [6.45, 7) is 5.35. The van der Waals surface area contributed by atoms with Gasteiger partial charge in [0.05, 0.1) is 6.54 Å². The number of carboxylic acids is 1. The molecular formula is C16H24N2O2. The van der Waals surface area contributed by atoms with Crippen LogP contribution in [-0.2, 0) is 11.3 Å². The van der Waals surface area contributed by atoms with E-state index >= 15 is 0 Å². The van der Waals surface area contributed by atoms with Crippen molar-refractivity contribution in [2.75, 3.05) is 26.7 Å². The maximum atomic E-state index is 10.7. The Morgan fingerprint density at radius 3 is 2.70 bits per heavy atom. The number of hydrogen-bond acceptors (Lipinski definition) is 3. The number of piperidine rings is 1. The lowest BCUT2D eigenvalue weighted by atomic mass is 10.0. The Morgan fingerprint density at radius 1 is 1.40 bits per heavy atom. The smallest absolute Gasteiger partial charge is 0.317 e. The van der Waals surface area contributed by atoms with E-state index in [1.165, 1.54) is 11.1 Å². The number of benzene rings is 1. The maximum absolute atomic E-state index is 10.7. The summed E-state index contributed by atoms with van der Waals surface area (Å²) in [6.07, 6.45) is 2.10. The molecule has 0 spiro atoms. The average Bonchev–Trinajstić information content (AvgIpc) is 2.38. The number of aryl methyl sites for hydroxylation is 1. The molecule has 0 saturated carbocycles. The number of carbonyl (C=O) groups is 1. The quantitative estimate of drug-likeness (QED) is 0.893. The molecule has 1 N–H and O–H groups in total. The van der Waals surface area contributed by atoms with Crippen LogP contribution in [0.2, 0.25) is 0 Å². The minimum atomic E-state index is -0.741. The molecule has 1 aromatic rings. The van der Waals surface area contributed by atoms with E-state index in [4.69, 9.17) is 5.11 Å². The van der Waals surface area contributed by atoms with Crippen molar-refractivity contribution in [2.24, 2.45) is 0 Å². The third-order valence-corrected chi connectivity index (χ3v) is 4.05. The minimum Gasteiger partial charge on any atom is -0.480 e. The highest BCUT2D eigenvalue weighted by Gasteiger charge is 2.23. The Labute approximate surface area is 121 Å². The number of rotatable bonds is 5. The first-order valence-electron chi connectivity index (χ1n) is 7.24. The standard InChI is InChI=1S/C16H24N2O2/c1-13-4-3-5-14(10-13)11-18-8-6-15(7-9-18)17(2)12-16(19)20/h3-5,10,15H,6-9,11-12H2,1-2H3,(H,19,20). The van der Waals surface area contributed by atoms with Gasteiger partial charge < -0.3 is 5.11 Å². The predicted octanol–water partition coefficient (Wildman–Crippen LogP) is 1.98. The van der Waals surface area contributed by atoms with Crippen LogP contribution in [0.4, 0.5) is 0 Å². The fourth-order valence-corrected chi connectivity index (χ4v) is 2.93. The Bertz CT molecular complexity index is 454. The van der Waals surface area contributed by atoms with Crippen molar-refractivity contribution in [3.05, 3.63) is 35.4 Å². The van der Waals surface area contributed by atoms with Gasteiger partial charge in [0.1, 0.15) is 0 Å². The molecule has 0 amide bonds. The molecule has 1 aliphatic heterocycles. The van der Waals surface area contributed by atoms with Gasteiger partial charge in [-0.2, -0.15) is 0 Å². The number of likely N-dealkylation sites (N-methyl/N-ethyl adjacent to an activating group) is 1. The summed E-state index contributed by atoms with van der Waals surface area (Å²) < 4.78 is 0. The van der Waals surface area contributed by atoms with Gasteiger partial charge in [-0.3, -0.25) is 14.6 Å². The first-order chi connectivity index (χ1) is 9.54. The van der Waals surface area contributed by atoms with Gasteiger partial charge in [0.2, 0.25) is 0 Å². The maximum Gasteiger partial charge on any atom is 0.317 e. The summed E-state index contributed by atoms with van der Waals surface area (Å²) >= 11 is 0. The molecule has 0 aliphatic carbocycles. The van der Waals surface area contributed by atoms with Crippen molar-refractivity contribution in [2.45, 2.75) is 32.4 Å². The Hall–Kier alpha value is -1.39. The van der Waals surface area contributed by atoms with E-state index in [-0.39, 0.29) is 6.54 Å². The van der Waals surface area contributed by atoms with E-state index in [9.17, 15) is 4.79 Å². The Morgan fingerprint density at radius 2 is 2.10 bits per heavy atom. The van der Waals surface area contributed by atoms with Crippen molar-refractivity contribution < 1.29 is 9.90 Å². The molecule has 1 heterocycles. The van der Waals surface area contributed by atoms with Crippen LogP contribution in [-0.4, -0.2) is 53.6 Å². The summed E-state index contributed by atoms with van der Waals surface area (Å²) in [5, 5.41) is 8.84. The Balaban J connectivity index is 1.81. The lowest BCUT2D eigenvalue weighted by Crippen LogP contribution is -2.44. The zero-order chi connectivity index (χ0) is 14.5. The average molecular weight is 276 g/mol. The van der Waals surface area contributed by atoms with Gasteiger partial charge in [-0.1, -0.05) is 29.8 Å². The molecule has 0 atom stereocenters. The van der Waals surface area contributed by atoms with Crippen LogP contribution in [0.5, 0.6) is 0 Å². The summed E-state index contributed by atoms with van der Waals surface area (Å²) in [4.78, 5) is 15.2. The van der Waals surface area contributed by atoms with Gasteiger partial charge in [-0.05, 0) is 45.5 Å². The van der Waals surface area contributed by atoms with Gasteiger partial charge >= 0.3 is 5.97 Å². The van der Waals surface area contributed by atoms with Crippen molar-refractivity contribution in [1.29, 1.82) is 0 Å². The molecule has 0 unspecified atom stereocenters. The van der Waals surface area contributed by atoms with Crippen LogP contribution in [0.15, 0.2) is 24.3 Å². The van der Waals surface area contributed by atoms with Crippen molar-refractivity contribution in [3.63, 3.8) is 0 Å². The molecule has 4 heteroatoms. The minimum absolute atomic E-state index is 0.141. The van der Waals surface area contributed by atoms with Crippen LogP contribution in [0.1, 0.15) is 24.0 Å². The third kappa shape index (κ3) is 4.32. The van der Waals surface area contributed by atoms with Gasteiger partial charge in [0.25, 0.3) is 0 Å². The van der Waals surface area contributed by atoms with E-state index in [0.29, 0.717) is 6.04 Å². The number of likely N-dealkylation sites (tertiary alicyclic amines) is 1. The van der Waals surface area contributed by atoms with E-state index in [1.54, 1.807) is 0 Å². The zero-order valence-electron chi connectivity index (χ0n) is 12.4. The molecule has 2 rings (SSSR count). The van der Waals surface area contributed by atoms with Gasteiger partial charge in [0, 0.05) is 12.6 Å². The molecule has 0 radical (unpaired) electrons. The van der Waals surface area contributed by atoms with Crippen LogP contribution < -0.4 is 0 Å². The largest absolute Gasteiger partial charge is 0.480 e. The molecular weight excluding hydrogens is 252 g/mol. The van der Waals surface area contributed by atoms with Crippen molar-refractivity contribution in [3.8, 4) is 0 Å². The monoisotopic (exact) mass is 276 g/mol. The van der Waals surface area contributed by atoms with Crippen LogP contribution in [0.25, 0.3) is 0 Å². The second-order valence-electron chi connectivity index (χ2n) is 5.81. The molecule has 110 valence electrons. The Kier molecular flexibility index (Phi) is 5.15. The summed E-state index contributed by atoms with van der Waals surface area (Å²) in [5.41, 5.74) is 2.67. The second kappa shape index (κ2) is 6.86. The first-order valence-corrected chi connectivity index (χ1v) is 7.24. The van der Waals surface area contributed by atoms with E-state index in [2.05, 4.69) is 36.1 Å². The third-order valence-electron chi connectivity index (χ3n) is 4.05. The first kappa shape index (κ1) is 15.0. The van der Waals surface area contributed by atoms with E-state index in [1.807, 2.05) is 11.9 Å². The SMILES string of the molecule is Cc1cccc(CN2CCC(N(C)CC(=O)O)CC2)c1. The highest BCUT2D eigenvalue weighted by atomic mass is 16.4. The summed E-state index contributed by atoms with van der Waals surface area (Å²) in [6, 6.07) is 9.05. The van der Waals surface area contributed by atoms with Gasteiger partial charge in [-0.25, -0.2) is 0 Å². The highest BCUT2D eigenvalue weighted by Crippen LogP contribution is 2.17. The van der Waals surface area contributed by atoms with Crippen LogP contribution >= 0.6 is 0 Å². The predicted molar refractivity (Wildman–Crippen MR) is 79.7 cm³/mol. The van der Waals surface area contributed by atoms with Gasteiger partial charge in [-0.15, -0.1) is 0 Å². The molecule has 0 aromatic heterocycles. The summed E-state index contributed by atoms with van der Waals surface area (Å²) in [7, 11) is 1.91. The zero-order valence-corrected chi connectivity index (χ0v) is 12.4. The molecule has 1 aliphatic rings. The number of nitrogens with zero attached hydrogens (tertiary/aromatic N) is 2. The van der Waals surface area contributed by atoms with Crippen molar-refractivity contribution >= 4 is 5.97 Å².